The number of carbonyl (C=O) groups excluding carboxylic acids is 1. The average molecular weight is 295 g/mol. The minimum atomic E-state index is -0.799. The molecular formula is C15H21NO3S. The van der Waals surface area contributed by atoms with Gasteiger partial charge in [0.15, 0.2) is 0 Å². The van der Waals surface area contributed by atoms with Crippen LogP contribution >= 0.6 is 11.3 Å². The highest BCUT2D eigenvalue weighted by atomic mass is 32.1. The maximum atomic E-state index is 12.4. The topological polar surface area (TPSA) is 57.6 Å². The number of hydrogen-bond acceptors (Lipinski definition) is 3. The Morgan fingerprint density at radius 1 is 1.45 bits per heavy atom. The summed E-state index contributed by atoms with van der Waals surface area (Å²) in [5.41, 5.74) is 1.26. The summed E-state index contributed by atoms with van der Waals surface area (Å²) in [5, 5.41) is 9.00. The maximum absolute atomic E-state index is 12.4. The van der Waals surface area contributed by atoms with Gasteiger partial charge in [0.25, 0.3) is 5.91 Å². The second-order valence-electron chi connectivity index (χ2n) is 5.24. The standard InChI is InChI=1S/C15H21NO3S/c1-3-5-12-10(4-2)8-13(20-12)14(17)16-7-6-11(9-16)15(18)19/h8,11H,3-7,9H2,1-2H3,(H,18,19). The number of carboxylic acids is 1. The van der Waals surface area contributed by atoms with Gasteiger partial charge in [-0.05, 0) is 30.9 Å². The molecule has 20 heavy (non-hydrogen) atoms. The molecule has 1 aliphatic heterocycles. The van der Waals surface area contributed by atoms with Gasteiger partial charge in [0.2, 0.25) is 0 Å². The fourth-order valence-corrected chi connectivity index (χ4v) is 3.94. The van der Waals surface area contributed by atoms with Crippen molar-refractivity contribution in [3.05, 3.63) is 21.4 Å². The normalized spacial score (nSPS) is 18.5. The molecule has 0 radical (unpaired) electrons. The fraction of sp³-hybridized carbons (Fsp3) is 0.600. The molecule has 1 N–H and O–H groups in total. The summed E-state index contributed by atoms with van der Waals surface area (Å²) >= 11 is 1.57. The molecule has 1 atom stereocenters. The number of hydrogen-bond donors (Lipinski definition) is 1. The fourth-order valence-electron chi connectivity index (χ4n) is 2.61. The zero-order valence-electron chi connectivity index (χ0n) is 12.0. The predicted octanol–water partition coefficient (Wildman–Crippen LogP) is 2.81. The molecule has 1 aromatic rings. The highest BCUT2D eigenvalue weighted by Crippen LogP contribution is 2.27. The molecule has 1 amide bonds. The number of amides is 1. The number of aryl methyl sites for hydroxylation is 2. The average Bonchev–Trinajstić information content (AvgIpc) is 3.05. The maximum Gasteiger partial charge on any atom is 0.308 e. The molecule has 0 saturated carbocycles. The molecule has 1 unspecified atom stereocenters. The van der Waals surface area contributed by atoms with Gasteiger partial charge in [-0.15, -0.1) is 11.3 Å². The van der Waals surface area contributed by atoms with Crippen LogP contribution in [0, 0.1) is 5.92 Å². The molecule has 0 bridgehead atoms. The summed E-state index contributed by atoms with van der Waals surface area (Å²) in [5.74, 6) is -1.21. The highest BCUT2D eigenvalue weighted by molar-refractivity contribution is 7.14. The van der Waals surface area contributed by atoms with Gasteiger partial charge < -0.3 is 10.0 Å². The van der Waals surface area contributed by atoms with Crippen LogP contribution in [0.2, 0.25) is 0 Å². The van der Waals surface area contributed by atoms with E-state index in [9.17, 15) is 9.59 Å². The molecule has 1 aromatic heterocycles. The number of likely N-dealkylation sites (tertiary alicyclic amines) is 1. The van der Waals surface area contributed by atoms with Crippen molar-refractivity contribution >= 4 is 23.2 Å². The first-order valence-electron chi connectivity index (χ1n) is 7.20. The van der Waals surface area contributed by atoms with E-state index in [-0.39, 0.29) is 5.91 Å². The largest absolute Gasteiger partial charge is 0.481 e. The van der Waals surface area contributed by atoms with E-state index in [0.717, 1.165) is 24.1 Å². The predicted molar refractivity (Wildman–Crippen MR) is 79.3 cm³/mol. The smallest absolute Gasteiger partial charge is 0.308 e. The van der Waals surface area contributed by atoms with E-state index in [1.165, 1.54) is 10.4 Å². The molecule has 0 aromatic carbocycles. The minimum absolute atomic E-state index is 0.00389. The number of aliphatic carboxylic acids is 1. The lowest BCUT2D eigenvalue weighted by atomic mass is 10.1. The molecule has 1 saturated heterocycles. The van der Waals surface area contributed by atoms with Crippen LogP contribution in [0.25, 0.3) is 0 Å². The lowest BCUT2D eigenvalue weighted by molar-refractivity contribution is -0.141. The highest BCUT2D eigenvalue weighted by Gasteiger charge is 2.32. The Bertz CT molecular complexity index is 509. The third-order valence-electron chi connectivity index (χ3n) is 3.79. The van der Waals surface area contributed by atoms with Gasteiger partial charge >= 0.3 is 5.97 Å². The van der Waals surface area contributed by atoms with Crippen LogP contribution in [0.1, 0.15) is 46.8 Å². The van der Waals surface area contributed by atoms with Gasteiger partial charge in [-0.2, -0.15) is 0 Å². The molecule has 0 spiro atoms. The quantitative estimate of drug-likeness (QED) is 0.908. The summed E-state index contributed by atoms with van der Waals surface area (Å²) < 4.78 is 0. The molecule has 2 heterocycles. The molecule has 1 aliphatic rings. The Hall–Kier alpha value is -1.36. The molecular weight excluding hydrogens is 274 g/mol. The van der Waals surface area contributed by atoms with Crippen LogP contribution < -0.4 is 0 Å². The Balaban J connectivity index is 2.11. The van der Waals surface area contributed by atoms with Crippen LogP contribution in [-0.2, 0) is 17.6 Å². The number of carbonyl (C=O) groups is 2. The zero-order chi connectivity index (χ0) is 14.7. The summed E-state index contributed by atoms with van der Waals surface area (Å²) in [4.78, 5) is 27.1. The third-order valence-corrected chi connectivity index (χ3v) is 5.02. The van der Waals surface area contributed by atoms with Crippen LogP contribution in [0.4, 0.5) is 0 Å². The SMILES string of the molecule is CCCc1sc(C(=O)N2CCC(C(=O)O)C2)cc1CC. The first-order chi connectivity index (χ1) is 9.56. The Morgan fingerprint density at radius 2 is 2.20 bits per heavy atom. The van der Waals surface area contributed by atoms with Crippen LogP contribution in [0.3, 0.4) is 0 Å². The van der Waals surface area contributed by atoms with Gasteiger partial charge in [0.1, 0.15) is 0 Å². The molecule has 2 rings (SSSR count). The van der Waals surface area contributed by atoms with Crippen LogP contribution in [0.5, 0.6) is 0 Å². The Kier molecular flexibility index (Phi) is 4.81. The first kappa shape index (κ1) is 15.0. The minimum Gasteiger partial charge on any atom is -0.481 e. The van der Waals surface area contributed by atoms with Crippen LogP contribution in [0.15, 0.2) is 6.07 Å². The van der Waals surface area contributed by atoms with Gasteiger partial charge in [-0.25, -0.2) is 0 Å². The molecule has 0 aliphatic carbocycles. The van der Waals surface area contributed by atoms with Crippen molar-refractivity contribution in [1.82, 2.24) is 4.90 Å². The van der Waals surface area contributed by atoms with E-state index in [4.69, 9.17) is 5.11 Å². The number of nitrogens with zero attached hydrogens (tertiary/aromatic N) is 1. The zero-order valence-corrected chi connectivity index (χ0v) is 12.8. The number of carboxylic acid groups (broad SMARTS) is 1. The van der Waals surface area contributed by atoms with Crippen molar-refractivity contribution < 1.29 is 14.7 Å². The molecule has 1 fully saturated rings. The van der Waals surface area contributed by atoms with Gasteiger partial charge in [-0.1, -0.05) is 20.3 Å². The van der Waals surface area contributed by atoms with E-state index >= 15 is 0 Å². The monoisotopic (exact) mass is 295 g/mol. The van der Waals surface area contributed by atoms with Crippen molar-refractivity contribution in [2.45, 2.75) is 39.5 Å². The Labute approximate surface area is 123 Å². The van der Waals surface area contributed by atoms with Crippen LogP contribution in [-0.4, -0.2) is 35.0 Å². The third kappa shape index (κ3) is 3.03. The summed E-state index contributed by atoms with van der Waals surface area (Å²) in [6, 6.07) is 1.99. The molecule has 5 heteroatoms. The summed E-state index contributed by atoms with van der Waals surface area (Å²) in [6.45, 7) is 5.14. The van der Waals surface area contributed by atoms with E-state index in [0.29, 0.717) is 19.5 Å². The Morgan fingerprint density at radius 3 is 2.75 bits per heavy atom. The second-order valence-corrected chi connectivity index (χ2v) is 6.37. The summed E-state index contributed by atoms with van der Waals surface area (Å²) in [7, 11) is 0. The number of rotatable bonds is 5. The van der Waals surface area contributed by atoms with Crippen molar-refractivity contribution in [2.75, 3.05) is 13.1 Å². The van der Waals surface area contributed by atoms with Crippen molar-refractivity contribution in [3.8, 4) is 0 Å². The van der Waals surface area contributed by atoms with E-state index in [1.807, 2.05) is 6.07 Å². The lowest BCUT2D eigenvalue weighted by Gasteiger charge is -2.14. The van der Waals surface area contributed by atoms with Gasteiger partial charge in [-0.3, -0.25) is 9.59 Å². The summed E-state index contributed by atoms with van der Waals surface area (Å²) in [6.07, 6.45) is 3.59. The van der Waals surface area contributed by atoms with Crippen molar-refractivity contribution in [3.63, 3.8) is 0 Å². The first-order valence-corrected chi connectivity index (χ1v) is 8.02. The van der Waals surface area contributed by atoms with E-state index in [2.05, 4.69) is 13.8 Å². The van der Waals surface area contributed by atoms with Crippen molar-refractivity contribution in [2.24, 2.45) is 5.92 Å². The molecule has 4 nitrogen and oxygen atoms in total. The number of thiophene rings is 1. The van der Waals surface area contributed by atoms with Gasteiger partial charge in [0, 0.05) is 18.0 Å². The van der Waals surface area contributed by atoms with E-state index in [1.54, 1.807) is 16.2 Å². The van der Waals surface area contributed by atoms with Gasteiger partial charge in [0.05, 0.1) is 10.8 Å². The molecule has 110 valence electrons. The van der Waals surface area contributed by atoms with E-state index < -0.39 is 11.9 Å². The van der Waals surface area contributed by atoms with Crippen molar-refractivity contribution in [1.29, 1.82) is 0 Å². The lowest BCUT2D eigenvalue weighted by Crippen LogP contribution is -2.29. The second kappa shape index (κ2) is 6.39.